The van der Waals surface area contributed by atoms with Crippen molar-refractivity contribution in [1.82, 2.24) is 10.6 Å². The number of nitro groups is 1. The molecule has 2 rings (SSSR count). The SMILES string of the molecule is COc1ccc(NC(=S)NC(NC(=O)c2ccccc2OC)C(Cl)(Cl)Cl)c([N+](=O)[O-])c1. The lowest BCUT2D eigenvalue weighted by atomic mass is 10.2. The second-order valence-electron chi connectivity index (χ2n) is 5.89. The van der Waals surface area contributed by atoms with Crippen molar-refractivity contribution in [2.75, 3.05) is 19.5 Å². The highest BCUT2D eigenvalue weighted by atomic mass is 35.6. The number of carbonyl (C=O) groups is 1. The number of ether oxygens (including phenoxy) is 2. The Morgan fingerprint density at radius 3 is 2.39 bits per heavy atom. The quantitative estimate of drug-likeness (QED) is 0.169. The fourth-order valence-electron chi connectivity index (χ4n) is 2.43. The number of nitrogens with one attached hydrogen (secondary N) is 3. The normalized spacial score (nSPS) is 11.8. The van der Waals surface area contributed by atoms with Crippen molar-refractivity contribution in [3.63, 3.8) is 0 Å². The zero-order chi connectivity index (χ0) is 23.2. The zero-order valence-corrected chi connectivity index (χ0v) is 19.2. The molecule has 0 aliphatic heterocycles. The molecule has 31 heavy (non-hydrogen) atoms. The predicted octanol–water partition coefficient (Wildman–Crippen LogP) is 4.02. The number of nitro benzene ring substituents is 1. The van der Waals surface area contributed by atoms with Gasteiger partial charge in [0, 0.05) is 0 Å². The number of alkyl halides is 3. The highest BCUT2D eigenvalue weighted by Gasteiger charge is 2.35. The number of halogens is 3. The molecule has 1 unspecified atom stereocenters. The van der Waals surface area contributed by atoms with Crippen molar-refractivity contribution in [2.24, 2.45) is 0 Å². The van der Waals surface area contributed by atoms with Crippen molar-refractivity contribution in [3.8, 4) is 11.5 Å². The minimum absolute atomic E-state index is 0.0717. The van der Waals surface area contributed by atoms with Gasteiger partial charge in [-0.25, -0.2) is 0 Å². The van der Waals surface area contributed by atoms with Crippen molar-refractivity contribution >= 4 is 69.4 Å². The van der Waals surface area contributed by atoms with Gasteiger partial charge in [-0.3, -0.25) is 14.9 Å². The lowest BCUT2D eigenvalue weighted by molar-refractivity contribution is -0.384. The minimum atomic E-state index is -2.02. The molecule has 0 aliphatic carbocycles. The van der Waals surface area contributed by atoms with E-state index in [1.807, 2.05) is 0 Å². The minimum Gasteiger partial charge on any atom is -0.496 e. The van der Waals surface area contributed by atoms with Crippen molar-refractivity contribution in [3.05, 3.63) is 58.1 Å². The Morgan fingerprint density at radius 2 is 1.81 bits per heavy atom. The molecule has 13 heteroatoms. The van der Waals surface area contributed by atoms with Gasteiger partial charge in [-0.15, -0.1) is 0 Å². The van der Waals surface area contributed by atoms with Crippen LogP contribution in [0, 0.1) is 10.1 Å². The summed E-state index contributed by atoms with van der Waals surface area (Å²) >= 11 is 23.1. The number of benzene rings is 2. The van der Waals surface area contributed by atoms with Gasteiger partial charge in [-0.05, 0) is 36.5 Å². The van der Waals surface area contributed by atoms with E-state index in [0.29, 0.717) is 11.5 Å². The van der Waals surface area contributed by atoms with Gasteiger partial charge in [0.15, 0.2) is 5.11 Å². The molecule has 9 nitrogen and oxygen atoms in total. The van der Waals surface area contributed by atoms with Gasteiger partial charge in [0.05, 0.1) is 30.8 Å². The zero-order valence-electron chi connectivity index (χ0n) is 16.1. The van der Waals surface area contributed by atoms with Crippen LogP contribution in [0.1, 0.15) is 10.4 Å². The highest BCUT2D eigenvalue weighted by molar-refractivity contribution is 7.80. The third-order valence-electron chi connectivity index (χ3n) is 3.88. The maximum absolute atomic E-state index is 12.7. The molecule has 0 aromatic heterocycles. The Morgan fingerprint density at radius 1 is 1.13 bits per heavy atom. The van der Waals surface area contributed by atoms with Gasteiger partial charge in [0.25, 0.3) is 11.6 Å². The number of hydrogen-bond acceptors (Lipinski definition) is 6. The van der Waals surface area contributed by atoms with Gasteiger partial charge in [-0.1, -0.05) is 46.9 Å². The Balaban J connectivity index is 2.19. The fraction of sp³-hybridized carbons (Fsp3) is 0.222. The number of nitrogens with zero attached hydrogens (tertiary/aromatic N) is 1. The molecule has 0 saturated carbocycles. The smallest absolute Gasteiger partial charge is 0.296 e. The molecule has 0 fully saturated rings. The first-order chi connectivity index (χ1) is 14.6. The van der Waals surface area contributed by atoms with Crippen LogP contribution in [-0.2, 0) is 0 Å². The second kappa shape index (κ2) is 10.7. The summed E-state index contributed by atoms with van der Waals surface area (Å²) in [5, 5.41) is 19.0. The van der Waals surface area contributed by atoms with Crippen LogP contribution >= 0.6 is 47.0 Å². The molecule has 0 aliphatic rings. The van der Waals surface area contributed by atoms with Gasteiger partial charge >= 0.3 is 0 Å². The Labute approximate surface area is 198 Å². The summed E-state index contributed by atoms with van der Waals surface area (Å²) in [6, 6.07) is 10.6. The van der Waals surface area contributed by atoms with Crippen LogP contribution in [0.4, 0.5) is 11.4 Å². The number of methoxy groups -OCH3 is 2. The van der Waals surface area contributed by atoms with Crippen molar-refractivity contribution in [1.29, 1.82) is 0 Å². The number of amides is 1. The lowest BCUT2D eigenvalue weighted by Crippen LogP contribution is -2.56. The molecule has 3 N–H and O–H groups in total. The third-order valence-corrected chi connectivity index (χ3v) is 4.75. The van der Waals surface area contributed by atoms with Crippen LogP contribution in [0.3, 0.4) is 0 Å². The maximum atomic E-state index is 12.7. The molecule has 2 aromatic carbocycles. The molecule has 1 amide bonds. The lowest BCUT2D eigenvalue weighted by Gasteiger charge is -2.28. The van der Waals surface area contributed by atoms with Crippen LogP contribution < -0.4 is 25.4 Å². The number of carbonyl (C=O) groups excluding carboxylic acids is 1. The molecular formula is C18H17Cl3N4O5S. The topological polar surface area (TPSA) is 115 Å². The van der Waals surface area contributed by atoms with E-state index in [0.717, 1.165) is 0 Å². The third kappa shape index (κ3) is 6.73. The number of anilines is 1. The van der Waals surface area contributed by atoms with Gasteiger partial charge in [0.1, 0.15) is 23.4 Å². The van der Waals surface area contributed by atoms with Crippen LogP contribution in [0.2, 0.25) is 0 Å². The second-order valence-corrected chi connectivity index (χ2v) is 8.66. The first kappa shape index (κ1) is 24.7. The molecule has 2 aromatic rings. The van der Waals surface area contributed by atoms with E-state index in [1.165, 1.54) is 38.5 Å². The van der Waals surface area contributed by atoms with Crippen LogP contribution in [0.5, 0.6) is 11.5 Å². The van der Waals surface area contributed by atoms with E-state index in [1.54, 1.807) is 18.2 Å². The van der Waals surface area contributed by atoms with E-state index >= 15 is 0 Å². The van der Waals surface area contributed by atoms with E-state index in [4.69, 9.17) is 56.5 Å². The number of rotatable bonds is 7. The van der Waals surface area contributed by atoms with E-state index in [-0.39, 0.29) is 22.1 Å². The van der Waals surface area contributed by atoms with E-state index in [9.17, 15) is 14.9 Å². The van der Waals surface area contributed by atoms with Crippen LogP contribution in [-0.4, -0.2) is 40.1 Å². The molecule has 0 radical (unpaired) electrons. The van der Waals surface area contributed by atoms with Crippen molar-refractivity contribution in [2.45, 2.75) is 9.96 Å². The summed E-state index contributed by atoms with van der Waals surface area (Å²) in [7, 11) is 2.80. The van der Waals surface area contributed by atoms with E-state index in [2.05, 4.69) is 16.0 Å². The summed E-state index contributed by atoms with van der Waals surface area (Å²) in [4.78, 5) is 23.4. The van der Waals surface area contributed by atoms with Gasteiger partial charge < -0.3 is 25.4 Å². The maximum Gasteiger partial charge on any atom is 0.296 e. The van der Waals surface area contributed by atoms with Crippen molar-refractivity contribution < 1.29 is 19.2 Å². The Kier molecular flexibility index (Phi) is 8.52. The molecule has 0 heterocycles. The summed E-state index contributed by atoms with van der Waals surface area (Å²) in [6.07, 6.45) is -1.28. The number of thiocarbonyl (C=S) groups is 1. The summed E-state index contributed by atoms with van der Waals surface area (Å²) in [6.45, 7) is 0. The fourth-order valence-corrected chi connectivity index (χ4v) is 2.98. The summed E-state index contributed by atoms with van der Waals surface area (Å²) in [5.41, 5.74) is -0.00914. The van der Waals surface area contributed by atoms with Crippen LogP contribution in [0.15, 0.2) is 42.5 Å². The standard InChI is InChI=1S/C18H17Cl3N4O5S/c1-29-10-7-8-12(13(9-10)25(27)28)22-17(31)24-16(18(19,20)21)23-15(26)11-5-3-4-6-14(11)30-2/h3-9,16H,1-2H3,(H,23,26)(H2,22,24,31). The molecule has 0 spiro atoms. The molecular weight excluding hydrogens is 491 g/mol. The molecule has 0 saturated heterocycles. The monoisotopic (exact) mass is 506 g/mol. The molecule has 166 valence electrons. The summed E-state index contributed by atoms with van der Waals surface area (Å²) in [5.74, 6) is 0.0106. The average Bonchev–Trinajstić information content (AvgIpc) is 2.72. The number of para-hydroxylation sites is 1. The first-order valence-electron chi connectivity index (χ1n) is 8.47. The Hall–Kier alpha value is -2.53. The highest BCUT2D eigenvalue weighted by Crippen LogP contribution is 2.31. The first-order valence-corrected chi connectivity index (χ1v) is 10.0. The summed E-state index contributed by atoms with van der Waals surface area (Å²) < 4.78 is 8.13. The predicted molar refractivity (Wildman–Crippen MR) is 124 cm³/mol. The number of hydrogen-bond donors (Lipinski definition) is 3. The largest absolute Gasteiger partial charge is 0.496 e. The van der Waals surface area contributed by atoms with Crippen LogP contribution in [0.25, 0.3) is 0 Å². The Bertz CT molecular complexity index is 987. The average molecular weight is 508 g/mol. The molecule has 0 bridgehead atoms. The van der Waals surface area contributed by atoms with Gasteiger partial charge in [0.2, 0.25) is 3.79 Å². The van der Waals surface area contributed by atoms with E-state index < -0.39 is 20.8 Å². The van der Waals surface area contributed by atoms with Gasteiger partial charge in [-0.2, -0.15) is 0 Å². The molecule has 1 atom stereocenters.